The first kappa shape index (κ1) is 25.9. The second-order valence-electron chi connectivity index (χ2n) is 7.22. The highest BCUT2D eigenvalue weighted by molar-refractivity contribution is 14.0. The maximum absolute atomic E-state index is 12.8. The van der Waals surface area contributed by atoms with Gasteiger partial charge in [0.1, 0.15) is 0 Å². The van der Waals surface area contributed by atoms with Crippen LogP contribution in [0.2, 0.25) is 0 Å². The Morgan fingerprint density at radius 1 is 1.09 bits per heavy atom. The van der Waals surface area contributed by atoms with E-state index < -0.39 is 10.0 Å². The topological polar surface area (TPSA) is 103 Å². The Morgan fingerprint density at radius 2 is 1.84 bits per heavy atom. The van der Waals surface area contributed by atoms with E-state index in [-0.39, 0.29) is 42.2 Å². The molecule has 10 heteroatoms. The second kappa shape index (κ2) is 12.0. The first-order valence-electron chi connectivity index (χ1n) is 10.3. The number of para-hydroxylation sites is 1. The fourth-order valence-corrected chi connectivity index (χ4v) is 4.99. The van der Waals surface area contributed by atoms with Gasteiger partial charge in [-0.15, -0.1) is 24.0 Å². The van der Waals surface area contributed by atoms with Gasteiger partial charge in [0, 0.05) is 39.3 Å². The van der Waals surface area contributed by atoms with Crippen molar-refractivity contribution in [3.63, 3.8) is 0 Å². The minimum absolute atomic E-state index is 0. The number of amides is 1. The van der Waals surface area contributed by atoms with E-state index in [4.69, 9.17) is 0 Å². The van der Waals surface area contributed by atoms with Crippen LogP contribution < -0.4 is 20.3 Å². The van der Waals surface area contributed by atoms with Gasteiger partial charge in [-0.1, -0.05) is 30.3 Å². The first-order valence-corrected chi connectivity index (χ1v) is 11.9. The van der Waals surface area contributed by atoms with Gasteiger partial charge in [0.05, 0.1) is 11.4 Å². The molecule has 0 saturated heterocycles. The van der Waals surface area contributed by atoms with Gasteiger partial charge >= 0.3 is 0 Å². The van der Waals surface area contributed by atoms with E-state index in [0.717, 1.165) is 23.2 Å². The molecular weight excluding hydrogens is 541 g/mol. The summed E-state index contributed by atoms with van der Waals surface area (Å²) in [5, 5.41) is 8.87. The highest BCUT2D eigenvalue weighted by Crippen LogP contribution is 2.29. The predicted octanol–water partition coefficient (Wildman–Crippen LogP) is 1.76. The van der Waals surface area contributed by atoms with Crippen molar-refractivity contribution >= 4 is 51.6 Å². The lowest BCUT2D eigenvalue weighted by Crippen LogP contribution is -2.42. The predicted molar refractivity (Wildman–Crippen MR) is 140 cm³/mol. The number of sulfonamides is 1. The van der Waals surface area contributed by atoms with Crippen LogP contribution in [0, 0.1) is 0 Å². The zero-order valence-corrected chi connectivity index (χ0v) is 21.4. The standard InChI is InChI=1S/C22H29N5O3S.HI/c1-23-21(28)19-8-5-6-17(16-19)10-12-25-22(24-2)26-13-15-31(29,30)27-14-11-18-7-3-4-9-20(18)27;/h3-9,16H,10-15H2,1-2H3,(H,23,28)(H2,24,25,26);1H. The molecule has 0 radical (unpaired) electrons. The normalized spacial score (nSPS) is 13.2. The molecule has 0 fully saturated rings. The van der Waals surface area contributed by atoms with Crippen LogP contribution in [-0.4, -0.2) is 59.8 Å². The summed E-state index contributed by atoms with van der Waals surface area (Å²) in [6.45, 7) is 1.35. The summed E-state index contributed by atoms with van der Waals surface area (Å²) in [7, 11) is -0.154. The summed E-state index contributed by atoms with van der Waals surface area (Å²) >= 11 is 0. The second-order valence-corrected chi connectivity index (χ2v) is 9.23. The number of rotatable bonds is 8. The van der Waals surface area contributed by atoms with Gasteiger partial charge in [-0.05, 0) is 42.2 Å². The highest BCUT2D eigenvalue weighted by atomic mass is 127. The molecule has 3 N–H and O–H groups in total. The molecule has 1 aliphatic heterocycles. The molecule has 1 amide bonds. The molecule has 32 heavy (non-hydrogen) atoms. The third kappa shape index (κ3) is 6.58. The smallest absolute Gasteiger partial charge is 0.251 e. The third-order valence-electron chi connectivity index (χ3n) is 5.18. The molecule has 0 unspecified atom stereocenters. The van der Waals surface area contributed by atoms with Crippen molar-refractivity contribution in [1.29, 1.82) is 0 Å². The average Bonchev–Trinajstić information content (AvgIpc) is 3.23. The fourth-order valence-electron chi connectivity index (χ4n) is 3.56. The summed E-state index contributed by atoms with van der Waals surface area (Å²) in [6.07, 6.45) is 1.45. The number of benzene rings is 2. The SMILES string of the molecule is CN=C(NCCc1cccc(C(=O)NC)c1)NCCS(=O)(=O)N1CCc2ccccc21.I. The number of halogens is 1. The number of nitrogens with zero attached hydrogens (tertiary/aromatic N) is 2. The van der Waals surface area contributed by atoms with Crippen LogP contribution in [0.15, 0.2) is 53.5 Å². The number of fused-ring (bicyclic) bond motifs is 1. The molecule has 1 heterocycles. The van der Waals surface area contributed by atoms with E-state index in [1.807, 2.05) is 42.5 Å². The van der Waals surface area contributed by atoms with Gasteiger partial charge in [0.2, 0.25) is 10.0 Å². The van der Waals surface area contributed by atoms with Crippen molar-refractivity contribution < 1.29 is 13.2 Å². The average molecular weight is 571 g/mol. The zero-order valence-electron chi connectivity index (χ0n) is 18.3. The lowest BCUT2D eigenvalue weighted by atomic mass is 10.1. The lowest BCUT2D eigenvalue weighted by Gasteiger charge is -2.20. The van der Waals surface area contributed by atoms with Gasteiger partial charge in [0.25, 0.3) is 5.91 Å². The molecule has 2 aromatic rings. The first-order chi connectivity index (χ1) is 14.9. The Bertz CT molecular complexity index is 1060. The molecule has 0 aromatic heterocycles. The van der Waals surface area contributed by atoms with Crippen LogP contribution >= 0.6 is 24.0 Å². The van der Waals surface area contributed by atoms with Crippen molar-refractivity contribution in [3.8, 4) is 0 Å². The minimum atomic E-state index is -3.41. The number of hydrogen-bond donors (Lipinski definition) is 3. The summed E-state index contributed by atoms with van der Waals surface area (Å²) in [6, 6.07) is 15.1. The van der Waals surface area contributed by atoms with Crippen LogP contribution in [0.3, 0.4) is 0 Å². The zero-order chi connectivity index (χ0) is 22.3. The number of nitrogens with one attached hydrogen (secondary N) is 3. The Hall–Kier alpha value is -2.34. The van der Waals surface area contributed by atoms with Gasteiger partial charge < -0.3 is 16.0 Å². The molecule has 2 aromatic carbocycles. The highest BCUT2D eigenvalue weighted by Gasteiger charge is 2.28. The number of aliphatic imine (C=N–C) groups is 1. The van der Waals surface area contributed by atoms with Gasteiger partial charge in [0.15, 0.2) is 5.96 Å². The minimum Gasteiger partial charge on any atom is -0.356 e. The van der Waals surface area contributed by atoms with E-state index in [1.165, 1.54) is 4.31 Å². The quantitative estimate of drug-likeness (QED) is 0.255. The Balaban J connectivity index is 0.00000363. The van der Waals surface area contributed by atoms with E-state index >= 15 is 0 Å². The van der Waals surface area contributed by atoms with Crippen LogP contribution in [0.5, 0.6) is 0 Å². The number of carbonyl (C=O) groups is 1. The third-order valence-corrected chi connectivity index (χ3v) is 6.95. The monoisotopic (exact) mass is 571 g/mol. The lowest BCUT2D eigenvalue weighted by molar-refractivity contribution is 0.0963. The molecule has 0 saturated carbocycles. The largest absolute Gasteiger partial charge is 0.356 e. The maximum atomic E-state index is 12.8. The van der Waals surface area contributed by atoms with Crippen molar-refractivity contribution in [3.05, 3.63) is 65.2 Å². The van der Waals surface area contributed by atoms with E-state index in [1.54, 1.807) is 20.2 Å². The molecule has 0 spiro atoms. The molecule has 174 valence electrons. The van der Waals surface area contributed by atoms with Crippen molar-refractivity contribution in [2.75, 3.05) is 43.8 Å². The van der Waals surface area contributed by atoms with Crippen molar-refractivity contribution in [2.24, 2.45) is 4.99 Å². The number of carbonyl (C=O) groups excluding carboxylic acids is 1. The van der Waals surface area contributed by atoms with Gasteiger partial charge in [-0.25, -0.2) is 8.42 Å². The molecule has 1 aliphatic rings. The van der Waals surface area contributed by atoms with E-state index in [2.05, 4.69) is 20.9 Å². The number of hydrogen-bond acceptors (Lipinski definition) is 4. The maximum Gasteiger partial charge on any atom is 0.251 e. The molecule has 0 aliphatic carbocycles. The summed E-state index contributed by atoms with van der Waals surface area (Å²) < 4.78 is 27.0. The van der Waals surface area contributed by atoms with Crippen molar-refractivity contribution in [1.82, 2.24) is 16.0 Å². The Kier molecular flexibility index (Phi) is 9.76. The summed E-state index contributed by atoms with van der Waals surface area (Å²) in [5.74, 6) is 0.407. The fraction of sp³-hybridized carbons (Fsp3) is 0.364. The molecule has 8 nitrogen and oxygen atoms in total. The van der Waals surface area contributed by atoms with Crippen molar-refractivity contribution in [2.45, 2.75) is 12.8 Å². The van der Waals surface area contributed by atoms with Crippen LogP contribution in [-0.2, 0) is 22.9 Å². The summed E-state index contributed by atoms with van der Waals surface area (Å²) in [4.78, 5) is 15.9. The molecular formula is C22H30IN5O3S. The number of guanidine groups is 1. The van der Waals surface area contributed by atoms with Crippen LogP contribution in [0.4, 0.5) is 5.69 Å². The Labute approximate surface area is 207 Å². The Morgan fingerprint density at radius 3 is 2.59 bits per heavy atom. The van der Waals surface area contributed by atoms with E-state index in [9.17, 15) is 13.2 Å². The van der Waals surface area contributed by atoms with Gasteiger partial charge in [-0.2, -0.15) is 0 Å². The van der Waals surface area contributed by atoms with Crippen LogP contribution in [0.1, 0.15) is 21.5 Å². The summed E-state index contributed by atoms with van der Waals surface area (Å²) in [5.41, 5.74) is 3.50. The van der Waals surface area contributed by atoms with Gasteiger partial charge in [-0.3, -0.25) is 14.1 Å². The molecule has 0 bridgehead atoms. The molecule has 0 atom stereocenters. The van der Waals surface area contributed by atoms with E-state index in [0.29, 0.717) is 31.0 Å². The van der Waals surface area contributed by atoms with Crippen LogP contribution in [0.25, 0.3) is 0 Å². The molecule has 3 rings (SSSR count). The number of anilines is 1.